The minimum atomic E-state index is -0.546. The summed E-state index contributed by atoms with van der Waals surface area (Å²) >= 11 is 0. The first-order valence-corrected chi connectivity index (χ1v) is 10.1. The number of halogens is 1. The Balaban J connectivity index is 1.57. The van der Waals surface area contributed by atoms with Crippen LogP contribution in [0.2, 0.25) is 0 Å². The van der Waals surface area contributed by atoms with E-state index < -0.39 is 11.5 Å². The van der Waals surface area contributed by atoms with E-state index in [1.165, 1.54) is 12.1 Å². The molecule has 2 amide bonds. The number of anilines is 1. The number of carbonyl (C=O) groups excluding carboxylic acids is 2. The smallest absolute Gasteiger partial charge is 0.255 e. The lowest BCUT2D eigenvalue weighted by atomic mass is 9.89. The van der Waals surface area contributed by atoms with Crippen molar-refractivity contribution in [2.45, 2.75) is 39.3 Å². The summed E-state index contributed by atoms with van der Waals surface area (Å²) in [6.07, 6.45) is 1.25. The predicted molar refractivity (Wildman–Crippen MR) is 111 cm³/mol. The van der Waals surface area contributed by atoms with Crippen LogP contribution in [-0.2, 0) is 0 Å². The van der Waals surface area contributed by atoms with Crippen molar-refractivity contribution >= 4 is 17.5 Å². The number of rotatable bonds is 2. The van der Waals surface area contributed by atoms with Gasteiger partial charge in [0.25, 0.3) is 11.8 Å². The molecule has 1 N–H and O–H groups in total. The molecule has 0 aliphatic carbocycles. The quantitative estimate of drug-likeness (QED) is 0.845. The Morgan fingerprint density at radius 1 is 1.14 bits per heavy atom. The van der Waals surface area contributed by atoms with Crippen LogP contribution in [0.1, 0.15) is 51.6 Å². The number of nitrogens with one attached hydrogen (secondary N) is 1. The summed E-state index contributed by atoms with van der Waals surface area (Å²) in [6, 6.07) is 10.2. The number of hydrogen-bond acceptors (Lipinski definition) is 3. The third-order valence-corrected chi connectivity index (χ3v) is 6.16. The third kappa shape index (κ3) is 3.26. The predicted octanol–water partition coefficient (Wildman–Crippen LogP) is 3.64. The number of fused-ring (bicyclic) bond motifs is 1. The molecule has 2 aliphatic heterocycles. The van der Waals surface area contributed by atoms with Crippen molar-refractivity contribution in [3.8, 4) is 0 Å². The van der Waals surface area contributed by atoms with E-state index in [1.54, 1.807) is 6.07 Å². The number of amides is 2. The Hall–Kier alpha value is -2.89. The fourth-order valence-corrected chi connectivity index (χ4v) is 4.67. The van der Waals surface area contributed by atoms with Gasteiger partial charge in [-0.05, 0) is 50.6 Å². The van der Waals surface area contributed by atoms with Crippen LogP contribution in [0, 0.1) is 19.7 Å². The molecule has 1 spiro atoms. The normalized spacial score (nSPS) is 17.9. The second-order valence-electron chi connectivity index (χ2n) is 8.00. The van der Waals surface area contributed by atoms with E-state index in [2.05, 4.69) is 10.2 Å². The van der Waals surface area contributed by atoms with Crippen molar-refractivity contribution in [3.05, 3.63) is 64.5 Å². The van der Waals surface area contributed by atoms with E-state index in [9.17, 15) is 14.0 Å². The average Bonchev–Trinajstić information content (AvgIpc) is 2.69. The van der Waals surface area contributed by atoms with Gasteiger partial charge in [0.2, 0.25) is 0 Å². The molecule has 2 aromatic rings. The monoisotopic (exact) mass is 395 g/mol. The van der Waals surface area contributed by atoms with Gasteiger partial charge >= 0.3 is 0 Å². The molecule has 0 unspecified atom stereocenters. The molecule has 0 bridgehead atoms. The summed E-state index contributed by atoms with van der Waals surface area (Å²) in [5.41, 5.74) is 3.42. The molecule has 2 aliphatic rings. The highest BCUT2D eigenvalue weighted by atomic mass is 19.1. The van der Waals surface area contributed by atoms with Crippen LogP contribution in [0.15, 0.2) is 36.4 Å². The number of likely N-dealkylation sites (tertiary alicyclic amines) is 1. The largest absolute Gasteiger partial charge is 0.348 e. The molecule has 0 aromatic heterocycles. The molecule has 152 valence electrons. The molecular formula is C23H26FN3O2. The highest BCUT2D eigenvalue weighted by Crippen LogP contribution is 2.37. The van der Waals surface area contributed by atoms with E-state index in [-0.39, 0.29) is 11.8 Å². The fourth-order valence-electron chi connectivity index (χ4n) is 4.67. The van der Waals surface area contributed by atoms with Gasteiger partial charge < -0.3 is 15.1 Å². The topological polar surface area (TPSA) is 52.7 Å². The van der Waals surface area contributed by atoms with Crippen LogP contribution in [0.5, 0.6) is 0 Å². The SMILES string of the molecule is CCN1c2ccc(F)cc2C(=O)NC12CCN(C(=O)c1ccc(C)cc1C)CC2. The van der Waals surface area contributed by atoms with Crippen LogP contribution in [-0.4, -0.2) is 42.0 Å². The molecule has 0 radical (unpaired) electrons. The van der Waals surface area contributed by atoms with Crippen molar-refractivity contribution < 1.29 is 14.0 Å². The highest BCUT2D eigenvalue weighted by molar-refractivity contribution is 6.02. The first-order chi connectivity index (χ1) is 13.8. The van der Waals surface area contributed by atoms with Gasteiger partial charge in [0, 0.05) is 38.0 Å². The maximum absolute atomic E-state index is 13.6. The van der Waals surface area contributed by atoms with Gasteiger partial charge in [0.05, 0.1) is 11.3 Å². The summed E-state index contributed by atoms with van der Waals surface area (Å²) in [5, 5.41) is 3.12. The summed E-state index contributed by atoms with van der Waals surface area (Å²) in [4.78, 5) is 29.7. The molecule has 29 heavy (non-hydrogen) atoms. The molecule has 1 saturated heterocycles. The Kier molecular flexibility index (Phi) is 4.81. The van der Waals surface area contributed by atoms with Crippen molar-refractivity contribution in [2.24, 2.45) is 0 Å². The molecule has 6 heteroatoms. The number of hydrogen-bond donors (Lipinski definition) is 1. The van der Waals surface area contributed by atoms with Crippen LogP contribution < -0.4 is 10.2 Å². The average molecular weight is 395 g/mol. The minimum Gasteiger partial charge on any atom is -0.348 e. The molecule has 2 aromatic carbocycles. The Bertz CT molecular complexity index is 980. The maximum Gasteiger partial charge on any atom is 0.255 e. The molecule has 0 saturated carbocycles. The summed E-state index contributed by atoms with van der Waals surface area (Å²) in [5.74, 6) is -0.636. The van der Waals surface area contributed by atoms with E-state index >= 15 is 0 Å². The number of aryl methyl sites for hydroxylation is 2. The van der Waals surface area contributed by atoms with Crippen molar-refractivity contribution in [3.63, 3.8) is 0 Å². The van der Waals surface area contributed by atoms with Crippen LogP contribution >= 0.6 is 0 Å². The van der Waals surface area contributed by atoms with Gasteiger partial charge in [0.1, 0.15) is 11.5 Å². The molecule has 0 atom stereocenters. The summed E-state index contributed by atoms with van der Waals surface area (Å²) < 4.78 is 13.6. The Labute approximate surface area is 170 Å². The van der Waals surface area contributed by atoms with E-state index in [1.807, 2.05) is 43.9 Å². The van der Waals surface area contributed by atoms with Gasteiger partial charge in [-0.3, -0.25) is 9.59 Å². The van der Waals surface area contributed by atoms with Gasteiger partial charge in [-0.25, -0.2) is 4.39 Å². The molecular weight excluding hydrogens is 369 g/mol. The van der Waals surface area contributed by atoms with Gasteiger partial charge in [0.15, 0.2) is 0 Å². The zero-order valence-electron chi connectivity index (χ0n) is 17.1. The van der Waals surface area contributed by atoms with Crippen LogP contribution in [0.4, 0.5) is 10.1 Å². The minimum absolute atomic E-state index is 0.0324. The zero-order chi connectivity index (χ0) is 20.8. The summed E-state index contributed by atoms with van der Waals surface area (Å²) in [7, 11) is 0. The van der Waals surface area contributed by atoms with Crippen molar-refractivity contribution in [1.29, 1.82) is 0 Å². The second-order valence-corrected chi connectivity index (χ2v) is 8.00. The lowest BCUT2D eigenvalue weighted by Crippen LogP contribution is -2.68. The lowest BCUT2D eigenvalue weighted by molar-refractivity contribution is 0.0603. The molecule has 1 fully saturated rings. The highest BCUT2D eigenvalue weighted by Gasteiger charge is 2.46. The molecule has 2 heterocycles. The van der Waals surface area contributed by atoms with Crippen LogP contribution in [0.25, 0.3) is 0 Å². The van der Waals surface area contributed by atoms with Gasteiger partial charge in [-0.1, -0.05) is 17.7 Å². The van der Waals surface area contributed by atoms with Gasteiger partial charge in [-0.15, -0.1) is 0 Å². The number of piperidine rings is 1. The third-order valence-electron chi connectivity index (χ3n) is 6.16. The Morgan fingerprint density at radius 2 is 1.86 bits per heavy atom. The van der Waals surface area contributed by atoms with E-state index in [0.717, 1.165) is 22.4 Å². The van der Waals surface area contributed by atoms with Crippen molar-refractivity contribution in [2.75, 3.05) is 24.5 Å². The number of carbonyl (C=O) groups is 2. The van der Waals surface area contributed by atoms with Crippen LogP contribution in [0.3, 0.4) is 0 Å². The maximum atomic E-state index is 13.6. The van der Waals surface area contributed by atoms with E-state index in [0.29, 0.717) is 38.0 Å². The van der Waals surface area contributed by atoms with E-state index in [4.69, 9.17) is 0 Å². The van der Waals surface area contributed by atoms with Gasteiger partial charge in [-0.2, -0.15) is 0 Å². The lowest BCUT2D eigenvalue weighted by Gasteiger charge is -2.52. The number of nitrogens with zero attached hydrogens (tertiary/aromatic N) is 2. The summed E-state index contributed by atoms with van der Waals surface area (Å²) in [6.45, 7) is 7.80. The first-order valence-electron chi connectivity index (χ1n) is 10.1. The fraction of sp³-hybridized carbons (Fsp3) is 0.391. The molecule has 4 rings (SSSR count). The number of benzene rings is 2. The molecule has 5 nitrogen and oxygen atoms in total. The second kappa shape index (κ2) is 7.17. The first kappa shape index (κ1) is 19.4. The zero-order valence-corrected chi connectivity index (χ0v) is 17.1. The standard InChI is InChI=1S/C23H26FN3O2/c1-4-27-20-8-6-17(24)14-19(20)21(28)25-23(27)9-11-26(12-10-23)22(29)18-7-5-15(2)13-16(18)3/h5-8,13-14H,4,9-12H2,1-3H3,(H,25,28). The van der Waals surface area contributed by atoms with Crippen molar-refractivity contribution in [1.82, 2.24) is 10.2 Å². The Morgan fingerprint density at radius 3 is 2.52 bits per heavy atom.